The Morgan fingerprint density at radius 3 is 2.72 bits per heavy atom. The van der Waals surface area contributed by atoms with E-state index >= 15 is 0 Å². The molecule has 0 unspecified atom stereocenters. The number of nitrogens with one attached hydrogen (secondary N) is 1. The molecule has 10 heteroatoms. The van der Waals surface area contributed by atoms with Gasteiger partial charge in [0.2, 0.25) is 0 Å². The van der Waals surface area contributed by atoms with Crippen LogP contribution in [0.5, 0.6) is 11.5 Å². The molecule has 1 N–H and O–H groups in total. The first-order valence-corrected chi connectivity index (χ1v) is 11.4. The van der Waals surface area contributed by atoms with Crippen LogP contribution >= 0.6 is 34.4 Å². The van der Waals surface area contributed by atoms with Crippen molar-refractivity contribution in [1.82, 2.24) is 5.32 Å². The van der Waals surface area contributed by atoms with Crippen molar-refractivity contribution < 1.29 is 23.8 Å². The molecule has 2 aromatic carbocycles. The van der Waals surface area contributed by atoms with Gasteiger partial charge in [-0.1, -0.05) is 30.3 Å². The summed E-state index contributed by atoms with van der Waals surface area (Å²) in [4.78, 5) is 23.4. The molecule has 1 aliphatic rings. The second kappa shape index (κ2) is 11.7. The third kappa shape index (κ3) is 6.57. The van der Waals surface area contributed by atoms with Crippen molar-refractivity contribution in [3.63, 3.8) is 0 Å². The topological polar surface area (TPSA) is 98.6 Å². The van der Waals surface area contributed by atoms with Crippen LogP contribution in [0.4, 0.5) is 0 Å². The van der Waals surface area contributed by atoms with Crippen molar-refractivity contribution >= 4 is 57.6 Å². The van der Waals surface area contributed by atoms with E-state index in [2.05, 4.69) is 42.8 Å². The number of halogens is 1. The molecule has 1 saturated heterocycles. The molecule has 1 fully saturated rings. The summed E-state index contributed by atoms with van der Waals surface area (Å²) in [6.07, 6.45) is 2.66. The van der Waals surface area contributed by atoms with E-state index in [0.29, 0.717) is 24.7 Å². The van der Waals surface area contributed by atoms with Crippen LogP contribution in [-0.2, 0) is 20.9 Å². The number of benzene rings is 2. The maximum Gasteiger partial charge on any atom is 0.331 e. The summed E-state index contributed by atoms with van der Waals surface area (Å²) in [5, 5.41) is 10.9. The number of hydrogen-bond donors (Lipinski definition) is 1. The molecular weight excluding hydrogens is 545 g/mol. The normalized spacial score (nSPS) is 15.9. The number of hydrogen-bond acceptors (Lipinski definition) is 8. The second-order valence-corrected chi connectivity index (χ2v) is 8.47. The fourth-order valence-corrected chi connectivity index (χ4v) is 4.10. The Hall–Kier alpha value is -2.86. The third-order valence-electron chi connectivity index (χ3n) is 4.01. The van der Waals surface area contributed by atoms with Crippen LogP contribution in [0.1, 0.15) is 18.1 Å². The largest absolute Gasteiger partial charge is 0.490 e. The molecule has 0 saturated carbocycles. The van der Waals surface area contributed by atoms with Crippen LogP contribution in [0, 0.1) is 3.57 Å². The average molecular weight is 565 g/mol. The molecular formula is C22H20IN3O5S. The van der Waals surface area contributed by atoms with Gasteiger partial charge in [-0.25, -0.2) is 4.79 Å². The van der Waals surface area contributed by atoms with Gasteiger partial charge in [0.15, 0.2) is 16.7 Å². The summed E-state index contributed by atoms with van der Waals surface area (Å²) in [7, 11) is 1.24. The lowest BCUT2D eigenvalue weighted by molar-refractivity contribution is -0.135. The monoisotopic (exact) mass is 565 g/mol. The molecule has 32 heavy (non-hydrogen) atoms. The highest BCUT2D eigenvalue weighted by molar-refractivity contribution is 14.1. The van der Waals surface area contributed by atoms with Gasteiger partial charge in [-0.05, 0) is 64.5 Å². The van der Waals surface area contributed by atoms with E-state index in [9.17, 15) is 9.59 Å². The van der Waals surface area contributed by atoms with Gasteiger partial charge >= 0.3 is 5.97 Å². The van der Waals surface area contributed by atoms with Crippen molar-refractivity contribution in [2.45, 2.75) is 13.5 Å². The zero-order valence-corrected chi connectivity index (χ0v) is 20.3. The molecule has 1 aliphatic heterocycles. The molecule has 166 valence electrons. The molecule has 3 rings (SSSR count). The Kier molecular flexibility index (Phi) is 8.68. The van der Waals surface area contributed by atoms with Gasteiger partial charge in [0.1, 0.15) is 6.61 Å². The lowest BCUT2D eigenvalue weighted by atomic mass is 10.2. The summed E-state index contributed by atoms with van der Waals surface area (Å²) in [5.41, 5.74) is 1.82. The highest BCUT2D eigenvalue weighted by atomic mass is 127. The molecule has 1 heterocycles. The zero-order chi connectivity index (χ0) is 22.9. The van der Waals surface area contributed by atoms with E-state index in [1.54, 1.807) is 6.21 Å². The highest BCUT2D eigenvalue weighted by Crippen LogP contribution is 2.34. The van der Waals surface area contributed by atoms with E-state index in [1.807, 2.05) is 49.4 Å². The third-order valence-corrected chi connectivity index (χ3v) is 5.72. The molecule has 0 bridgehead atoms. The fourth-order valence-electron chi connectivity index (χ4n) is 2.58. The van der Waals surface area contributed by atoms with Crippen LogP contribution < -0.4 is 14.8 Å². The van der Waals surface area contributed by atoms with Gasteiger partial charge in [-0.15, -0.1) is 5.10 Å². The Morgan fingerprint density at radius 2 is 2.00 bits per heavy atom. The lowest BCUT2D eigenvalue weighted by Crippen LogP contribution is -2.19. The smallest absolute Gasteiger partial charge is 0.331 e. The number of thioether (sulfide) groups is 1. The molecule has 0 aliphatic carbocycles. The lowest BCUT2D eigenvalue weighted by Gasteiger charge is -2.14. The van der Waals surface area contributed by atoms with E-state index < -0.39 is 11.9 Å². The number of ether oxygens (including phenoxy) is 3. The van der Waals surface area contributed by atoms with Crippen molar-refractivity contribution in [1.29, 1.82) is 0 Å². The minimum atomic E-state index is -0.611. The van der Waals surface area contributed by atoms with E-state index in [4.69, 9.17) is 9.47 Å². The van der Waals surface area contributed by atoms with Crippen LogP contribution in [0.3, 0.4) is 0 Å². The van der Waals surface area contributed by atoms with E-state index in [-0.39, 0.29) is 10.1 Å². The Balaban J connectivity index is 1.73. The first kappa shape index (κ1) is 23.8. The van der Waals surface area contributed by atoms with Gasteiger partial charge in [0.25, 0.3) is 5.91 Å². The quantitative estimate of drug-likeness (QED) is 0.172. The second-order valence-electron chi connectivity index (χ2n) is 6.27. The number of esters is 1. The van der Waals surface area contributed by atoms with E-state index in [0.717, 1.165) is 32.5 Å². The first-order valence-electron chi connectivity index (χ1n) is 9.53. The number of rotatable bonds is 8. The maximum atomic E-state index is 11.9. The number of amides is 1. The van der Waals surface area contributed by atoms with E-state index in [1.165, 1.54) is 7.11 Å². The summed E-state index contributed by atoms with van der Waals surface area (Å²) in [6.45, 7) is 2.81. The summed E-state index contributed by atoms with van der Waals surface area (Å²) in [6, 6.07) is 13.6. The van der Waals surface area contributed by atoms with Crippen molar-refractivity contribution in [2.75, 3.05) is 13.7 Å². The number of nitrogens with zero attached hydrogens (tertiary/aromatic N) is 2. The van der Waals surface area contributed by atoms with Crippen molar-refractivity contribution in [2.24, 2.45) is 10.2 Å². The van der Waals surface area contributed by atoms with Crippen LogP contribution in [0.15, 0.2) is 63.6 Å². The molecule has 0 spiro atoms. The maximum absolute atomic E-state index is 11.9. The number of methoxy groups -OCH3 is 1. The van der Waals surface area contributed by atoms with Gasteiger partial charge < -0.3 is 14.2 Å². The Morgan fingerprint density at radius 1 is 1.22 bits per heavy atom. The van der Waals surface area contributed by atoms with Crippen LogP contribution in [0.25, 0.3) is 0 Å². The molecule has 0 atom stereocenters. The standard InChI is InChI=1S/C22H20IN3O5S/c1-3-30-17-10-15(9-16(23)20(17)31-13-14-7-5-4-6-8-14)12-24-26-22-25-21(28)18(32-22)11-19(27)29-2/h4-12H,3,13H2,1-2H3,(H,25,26,28)/b18-11+,24-12?. The zero-order valence-electron chi connectivity index (χ0n) is 17.3. The highest BCUT2D eigenvalue weighted by Gasteiger charge is 2.25. The van der Waals surface area contributed by atoms with Gasteiger partial charge in [-0.2, -0.15) is 5.10 Å². The summed E-state index contributed by atoms with van der Waals surface area (Å²) < 4.78 is 17.2. The minimum absolute atomic E-state index is 0.193. The average Bonchev–Trinajstić information content (AvgIpc) is 3.12. The first-order chi connectivity index (χ1) is 15.5. The predicted octanol–water partition coefficient (Wildman–Crippen LogP) is 3.88. The fraction of sp³-hybridized carbons (Fsp3) is 0.182. The van der Waals surface area contributed by atoms with Gasteiger partial charge in [0.05, 0.1) is 28.4 Å². The summed E-state index contributed by atoms with van der Waals surface area (Å²) in [5.74, 6) is 0.231. The van der Waals surface area contributed by atoms with Crippen molar-refractivity contribution in [3.8, 4) is 11.5 Å². The van der Waals surface area contributed by atoms with Gasteiger partial charge in [-0.3, -0.25) is 10.1 Å². The Labute approximate surface area is 203 Å². The number of carbonyl (C=O) groups excluding carboxylic acids is 2. The molecule has 0 radical (unpaired) electrons. The van der Waals surface area contributed by atoms with Crippen molar-refractivity contribution in [3.05, 3.63) is 68.1 Å². The minimum Gasteiger partial charge on any atom is -0.490 e. The SMILES string of the molecule is CCOc1cc(C=N/N=C2/NC(=O)/C(=C\C(=O)OC)S2)cc(I)c1OCc1ccccc1. The predicted molar refractivity (Wildman–Crippen MR) is 132 cm³/mol. The summed E-state index contributed by atoms with van der Waals surface area (Å²) >= 11 is 3.20. The molecule has 8 nitrogen and oxygen atoms in total. The molecule has 2 aromatic rings. The molecule has 1 amide bonds. The molecule has 0 aromatic heterocycles. The van der Waals surface area contributed by atoms with Crippen LogP contribution in [0.2, 0.25) is 0 Å². The van der Waals surface area contributed by atoms with Gasteiger partial charge in [0, 0.05) is 6.08 Å². The van der Waals surface area contributed by atoms with Crippen LogP contribution in [-0.4, -0.2) is 37.0 Å². The number of amidine groups is 1. The Bertz CT molecular complexity index is 1090. The number of carbonyl (C=O) groups is 2.